The highest BCUT2D eigenvalue weighted by molar-refractivity contribution is 7.86. The molecule has 0 unspecified atom stereocenters. The average molecular weight is 304 g/mol. The first-order valence-corrected chi connectivity index (χ1v) is 7.41. The molecule has 0 aromatic heterocycles. The average Bonchev–Trinajstić information content (AvgIpc) is 2.33. The predicted molar refractivity (Wildman–Crippen MR) is 76.1 cm³/mol. The van der Waals surface area contributed by atoms with Crippen LogP contribution in [0.5, 0.6) is 0 Å². The van der Waals surface area contributed by atoms with E-state index in [-0.39, 0.29) is 17.0 Å². The van der Waals surface area contributed by atoms with E-state index in [1.54, 1.807) is 0 Å². The minimum Gasteiger partial charge on any atom is -0.337 e. The van der Waals surface area contributed by atoms with Crippen molar-refractivity contribution in [1.29, 1.82) is 0 Å². The van der Waals surface area contributed by atoms with Crippen LogP contribution in [0.15, 0.2) is 18.2 Å². The van der Waals surface area contributed by atoms with Gasteiger partial charge in [-0.3, -0.25) is 4.21 Å². The van der Waals surface area contributed by atoms with E-state index in [2.05, 4.69) is 10.6 Å². The molecule has 0 spiro atoms. The van der Waals surface area contributed by atoms with Gasteiger partial charge in [-0.1, -0.05) is 6.07 Å². The Kier molecular flexibility index (Phi) is 5.62. The molecule has 0 aliphatic rings. The predicted octanol–water partition coefficient (Wildman–Crippen LogP) is 2.63. The summed E-state index contributed by atoms with van der Waals surface area (Å²) in [6, 6.07) is 2.85. The summed E-state index contributed by atoms with van der Waals surface area (Å²) < 4.78 is 37.6. The number of carbonyl (C=O) groups excluding carboxylic acids is 1. The Balaban J connectivity index is 2.45. The Morgan fingerprint density at radius 2 is 1.95 bits per heavy atom. The van der Waals surface area contributed by atoms with Crippen LogP contribution in [0.1, 0.15) is 20.8 Å². The highest BCUT2D eigenvalue weighted by Crippen LogP contribution is 2.16. The summed E-state index contributed by atoms with van der Waals surface area (Å²) in [6.45, 7) is 5.70. The van der Waals surface area contributed by atoms with E-state index in [1.165, 1.54) is 12.1 Å². The minimum atomic E-state index is -1.11. The van der Waals surface area contributed by atoms with Crippen molar-refractivity contribution in [2.75, 3.05) is 17.6 Å². The molecule has 112 valence electrons. The second-order valence-corrected chi connectivity index (χ2v) is 7.47. The molecule has 0 aliphatic heterocycles. The van der Waals surface area contributed by atoms with E-state index < -0.39 is 28.5 Å². The molecule has 1 aromatic rings. The molecule has 0 saturated carbocycles. The lowest BCUT2D eigenvalue weighted by Crippen LogP contribution is -2.35. The SMILES string of the molecule is CC(C)(C)[S@](=O)CCNC(=O)Nc1cccc(F)c1F. The van der Waals surface area contributed by atoms with Gasteiger partial charge in [-0.25, -0.2) is 13.6 Å². The molecule has 2 N–H and O–H groups in total. The second-order valence-electron chi connectivity index (χ2n) is 5.14. The highest BCUT2D eigenvalue weighted by Gasteiger charge is 2.19. The fourth-order valence-corrected chi connectivity index (χ4v) is 2.23. The van der Waals surface area contributed by atoms with Crippen LogP contribution < -0.4 is 10.6 Å². The number of hydrogen-bond donors (Lipinski definition) is 2. The molecule has 1 atom stereocenters. The van der Waals surface area contributed by atoms with Gasteiger partial charge in [0, 0.05) is 27.8 Å². The van der Waals surface area contributed by atoms with Crippen molar-refractivity contribution < 1.29 is 17.8 Å². The van der Waals surface area contributed by atoms with Crippen LogP contribution in [-0.2, 0) is 10.8 Å². The molecule has 0 heterocycles. The molecule has 1 aromatic carbocycles. The van der Waals surface area contributed by atoms with Crippen molar-refractivity contribution in [1.82, 2.24) is 5.32 Å². The van der Waals surface area contributed by atoms with Crippen molar-refractivity contribution in [2.45, 2.75) is 25.5 Å². The maximum absolute atomic E-state index is 13.3. The number of rotatable bonds is 4. The zero-order valence-corrected chi connectivity index (χ0v) is 12.4. The van der Waals surface area contributed by atoms with Gasteiger partial charge in [0.15, 0.2) is 11.6 Å². The Morgan fingerprint density at radius 1 is 1.30 bits per heavy atom. The number of nitrogens with one attached hydrogen (secondary N) is 2. The highest BCUT2D eigenvalue weighted by atomic mass is 32.2. The second kappa shape index (κ2) is 6.78. The first-order valence-electron chi connectivity index (χ1n) is 6.09. The molecule has 0 radical (unpaired) electrons. The van der Waals surface area contributed by atoms with Gasteiger partial charge in [-0.05, 0) is 32.9 Å². The van der Waals surface area contributed by atoms with Gasteiger partial charge in [0.25, 0.3) is 0 Å². The molecule has 0 bridgehead atoms. The molecular weight excluding hydrogens is 286 g/mol. The molecule has 0 fully saturated rings. The fraction of sp³-hybridized carbons (Fsp3) is 0.462. The normalized spacial score (nSPS) is 12.8. The van der Waals surface area contributed by atoms with Crippen LogP contribution in [0.3, 0.4) is 0 Å². The molecule has 1 rings (SSSR count). The molecule has 2 amide bonds. The third-order valence-electron chi connectivity index (χ3n) is 2.46. The topological polar surface area (TPSA) is 58.2 Å². The quantitative estimate of drug-likeness (QED) is 0.898. The van der Waals surface area contributed by atoms with Crippen molar-refractivity contribution >= 4 is 22.5 Å². The third-order valence-corrected chi connectivity index (χ3v) is 4.40. The van der Waals surface area contributed by atoms with Crippen LogP contribution in [0.4, 0.5) is 19.3 Å². The Labute approximate surface area is 119 Å². The number of benzene rings is 1. The van der Waals surface area contributed by atoms with Gasteiger partial charge >= 0.3 is 6.03 Å². The van der Waals surface area contributed by atoms with E-state index >= 15 is 0 Å². The molecule has 7 heteroatoms. The number of hydrogen-bond acceptors (Lipinski definition) is 2. The van der Waals surface area contributed by atoms with E-state index in [9.17, 15) is 17.8 Å². The van der Waals surface area contributed by atoms with Gasteiger partial charge in [0.1, 0.15) is 0 Å². The number of amides is 2. The summed E-state index contributed by atoms with van der Waals surface area (Å²) in [4.78, 5) is 11.5. The van der Waals surface area contributed by atoms with Crippen molar-refractivity contribution in [3.63, 3.8) is 0 Å². The lowest BCUT2D eigenvalue weighted by atomic mass is 10.3. The van der Waals surface area contributed by atoms with Gasteiger partial charge in [-0.15, -0.1) is 0 Å². The van der Waals surface area contributed by atoms with Crippen molar-refractivity contribution in [3.8, 4) is 0 Å². The maximum Gasteiger partial charge on any atom is 0.319 e. The van der Waals surface area contributed by atoms with E-state index in [0.29, 0.717) is 5.75 Å². The van der Waals surface area contributed by atoms with Crippen LogP contribution in [0, 0.1) is 11.6 Å². The number of carbonyl (C=O) groups is 1. The Hall–Kier alpha value is -1.50. The first kappa shape index (κ1) is 16.6. The third kappa shape index (κ3) is 4.88. The summed E-state index contributed by atoms with van der Waals surface area (Å²) in [5, 5.41) is 4.65. The van der Waals surface area contributed by atoms with Gasteiger partial charge in [0.2, 0.25) is 0 Å². The lowest BCUT2D eigenvalue weighted by molar-refractivity contribution is 0.252. The van der Waals surface area contributed by atoms with E-state index in [1.807, 2.05) is 20.8 Å². The molecule has 20 heavy (non-hydrogen) atoms. The number of urea groups is 1. The minimum absolute atomic E-state index is 0.187. The van der Waals surface area contributed by atoms with E-state index in [0.717, 1.165) is 6.07 Å². The van der Waals surface area contributed by atoms with Crippen LogP contribution >= 0.6 is 0 Å². The van der Waals surface area contributed by atoms with E-state index in [4.69, 9.17) is 0 Å². The van der Waals surface area contributed by atoms with Crippen LogP contribution in [0.25, 0.3) is 0 Å². The van der Waals surface area contributed by atoms with Crippen LogP contribution in [0.2, 0.25) is 0 Å². The molecular formula is C13H18F2N2O2S. The van der Waals surface area contributed by atoms with Gasteiger partial charge in [-0.2, -0.15) is 0 Å². The maximum atomic E-state index is 13.3. The summed E-state index contributed by atoms with van der Waals surface area (Å²) >= 11 is 0. The molecule has 0 aliphatic carbocycles. The smallest absolute Gasteiger partial charge is 0.319 e. The fourth-order valence-electron chi connectivity index (χ4n) is 1.33. The Bertz CT molecular complexity index is 516. The van der Waals surface area contributed by atoms with Gasteiger partial charge < -0.3 is 10.6 Å². The summed E-state index contributed by atoms with van der Waals surface area (Å²) in [6.07, 6.45) is 0. The van der Waals surface area contributed by atoms with Crippen molar-refractivity contribution in [3.05, 3.63) is 29.8 Å². The zero-order valence-electron chi connectivity index (χ0n) is 11.6. The largest absolute Gasteiger partial charge is 0.337 e. The number of anilines is 1. The summed E-state index contributed by atoms with van der Waals surface area (Å²) in [5.41, 5.74) is -0.237. The monoisotopic (exact) mass is 304 g/mol. The molecule has 0 saturated heterocycles. The first-order chi connectivity index (χ1) is 9.21. The summed E-state index contributed by atoms with van der Waals surface area (Å²) in [7, 11) is -1.08. The standard InChI is InChI=1S/C13H18F2N2O2S/c1-13(2,3)20(19)8-7-16-12(18)17-10-6-4-5-9(14)11(10)15/h4-6H,7-8H2,1-3H3,(H2,16,17,18)/t20-/m1/s1. The van der Waals surface area contributed by atoms with Crippen LogP contribution in [-0.4, -0.2) is 27.3 Å². The summed E-state index contributed by atoms with van der Waals surface area (Å²) in [5.74, 6) is -1.85. The lowest BCUT2D eigenvalue weighted by Gasteiger charge is -2.17. The van der Waals surface area contributed by atoms with Crippen molar-refractivity contribution in [2.24, 2.45) is 0 Å². The Morgan fingerprint density at radius 3 is 2.55 bits per heavy atom. The molecule has 4 nitrogen and oxygen atoms in total. The number of halogens is 2. The van der Waals surface area contributed by atoms with Gasteiger partial charge in [0.05, 0.1) is 5.69 Å². The zero-order chi connectivity index (χ0) is 15.3.